The monoisotopic (exact) mass is 186 g/mol. The van der Waals surface area contributed by atoms with Crippen LogP contribution in [-0.4, -0.2) is 21.1 Å². The summed E-state index contributed by atoms with van der Waals surface area (Å²) in [7, 11) is -4.64. The lowest BCUT2D eigenvalue weighted by atomic mass is 11.5. The van der Waals surface area contributed by atoms with Crippen LogP contribution in [0.2, 0.25) is 0 Å². The van der Waals surface area contributed by atoms with Gasteiger partial charge in [-0.3, -0.25) is 0 Å². The summed E-state index contributed by atoms with van der Waals surface area (Å²) in [5, 5.41) is 0. The van der Waals surface area contributed by atoms with Gasteiger partial charge in [-0.15, -0.1) is 17.6 Å². The Kier molecular flexibility index (Phi) is 4.84. The van der Waals surface area contributed by atoms with Crippen LogP contribution in [0.4, 0.5) is 17.6 Å². The van der Waals surface area contributed by atoms with E-state index in [1.165, 1.54) is 0 Å². The number of halogens is 4. The number of hydrogen-bond acceptors (Lipinski definition) is 1. The maximum Gasteiger partial charge on any atom is 0.559 e. The Morgan fingerprint density at radius 1 is 1.00 bits per heavy atom. The molecule has 0 atom stereocenters. The minimum absolute atomic E-state index is 4.64. The molecule has 4 nitrogen and oxygen atoms in total. The van der Waals surface area contributed by atoms with E-state index in [-0.39, 0.29) is 0 Å². The highest BCUT2D eigenvalue weighted by Crippen LogP contribution is 2.25. The molecule has 0 bridgehead atoms. The van der Waals surface area contributed by atoms with Gasteiger partial charge in [0.05, 0.1) is 0 Å². The van der Waals surface area contributed by atoms with Crippen molar-refractivity contribution in [2.24, 2.45) is 0 Å². The Morgan fingerprint density at radius 2 is 1.00 bits per heavy atom. The van der Waals surface area contributed by atoms with Crippen molar-refractivity contribution in [2.45, 2.75) is 6.43 Å². The molecule has 0 heterocycles. The second-order valence-electron chi connectivity index (χ2n) is 0.942. The molecule has 0 saturated heterocycles. The van der Waals surface area contributed by atoms with Gasteiger partial charge in [-0.25, -0.2) is 4.57 Å². The molecule has 0 fully saturated rings. The van der Waals surface area contributed by atoms with Crippen molar-refractivity contribution in [3.05, 3.63) is 0 Å². The summed E-state index contributed by atoms with van der Waals surface area (Å²) in [6, 6.07) is 0. The number of phosphoric acid groups is 1. The van der Waals surface area contributed by atoms with Crippen LogP contribution in [0.1, 0.15) is 0 Å². The summed E-state index contributed by atoms with van der Waals surface area (Å²) < 4.78 is 47.6. The second-order valence-corrected chi connectivity index (χ2v) is 1.97. The van der Waals surface area contributed by atoms with Gasteiger partial charge in [-0.1, -0.05) is 0 Å². The average molecular weight is 186 g/mol. The van der Waals surface area contributed by atoms with E-state index in [0.29, 0.717) is 0 Å². The molecule has 0 aliphatic rings. The smallest absolute Gasteiger partial charge is 0.303 e. The normalized spacial score (nSPS) is 11.9. The molecule has 0 saturated carbocycles. The summed E-state index contributed by atoms with van der Waals surface area (Å²) in [5.41, 5.74) is 0. The first-order valence-corrected chi connectivity index (χ1v) is 3.10. The summed E-state index contributed by atoms with van der Waals surface area (Å²) in [6.45, 7) is 0. The first-order valence-electron chi connectivity index (χ1n) is 1.54. The molecule has 64 valence electrons. The molecule has 0 aliphatic carbocycles. The largest absolute Gasteiger partial charge is 0.559 e. The zero-order valence-electron chi connectivity index (χ0n) is 4.21. The lowest BCUT2D eigenvalue weighted by Gasteiger charge is -1.82. The van der Waals surface area contributed by atoms with E-state index < -0.39 is 14.3 Å². The molecular weight excluding hydrogens is 183 g/mol. The van der Waals surface area contributed by atoms with E-state index in [4.69, 9.17) is 19.2 Å². The number of alkyl halides is 4. The Balaban J connectivity index is 0. The first-order chi connectivity index (χ1) is 4.00. The van der Waals surface area contributed by atoms with Crippen LogP contribution in [0, 0.1) is 0 Å². The fourth-order valence-electron chi connectivity index (χ4n) is 0. The third-order valence-electron chi connectivity index (χ3n) is 0. The highest BCUT2D eigenvalue weighted by Gasteiger charge is 2.24. The van der Waals surface area contributed by atoms with Crippen LogP contribution < -0.4 is 0 Å². The van der Waals surface area contributed by atoms with Gasteiger partial charge in [0, 0.05) is 0 Å². The fraction of sp³-hybridized carbons (Fsp3) is 1.00. The first kappa shape index (κ1) is 12.5. The molecule has 0 rings (SSSR count). The summed E-state index contributed by atoms with van der Waals surface area (Å²) in [4.78, 5) is 21.6. The van der Waals surface area contributed by atoms with Gasteiger partial charge in [0.25, 0.3) is 0 Å². The van der Waals surface area contributed by atoms with E-state index in [1.54, 1.807) is 0 Å². The number of hydrogen-bond donors (Lipinski definition) is 3. The molecule has 0 radical (unpaired) electrons. The molecule has 0 amide bonds. The predicted molar refractivity (Wildman–Crippen MR) is 21.4 cm³/mol. The molecule has 0 spiro atoms. The van der Waals surface area contributed by atoms with Crippen molar-refractivity contribution < 1.29 is 36.8 Å². The molecule has 0 aromatic heterocycles. The highest BCUT2D eigenvalue weighted by molar-refractivity contribution is 7.45. The quantitative estimate of drug-likeness (QED) is 0.381. The maximum absolute atomic E-state index is 9.69. The van der Waals surface area contributed by atoms with Gasteiger partial charge in [-0.05, 0) is 0 Å². The summed E-state index contributed by atoms with van der Waals surface area (Å²) >= 11 is 0. The van der Waals surface area contributed by atoms with E-state index in [0.717, 1.165) is 0 Å². The summed E-state index contributed by atoms with van der Waals surface area (Å²) in [6.07, 6.45) is -5.50. The molecule has 0 aromatic carbocycles. The van der Waals surface area contributed by atoms with E-state index >= 15 is 0 Å². The fourth-order valence-corrected chi connectivity index (χ4v) is 0. The third kappa shape index (κ3) is 12600. The van der Waals surface area contributed by atoms with Crippen LogP contribution in [-0.2, 0) is 4.57 Å². The van der Waals surface area contributed by atoms with Crippen LogP contribution in [0.5, 0.6) is 0 Å². The molecule has 10 heavy (non-hydrogen) atoms. The minimum atomic E-state index is -5.50. The van der Waals surface area contributed by atoms with Crippen LogP contribution in [0.3, 0.4) is 0 Å². The van der Waals surface area contributed by atoms with E-state index in [9.17, 15) is 17.6 Å². The standard InChI is InChI=1S/CF4.H3O4P/c2-1(3,4)5;1-5(2,3)4/h;(H3,1,2,3,4). The number of rotatable bonds is 0. The molecule has 3 N–H and O–H groups in total. The van der Waals surface area contributed by atoms with Crippen LogP contribution in [0.25, 0.3) is 0 Å². The van der Waals surface area contributed by atoms with Gasteiger partial charge in [0.2, 0.25) is 0 Å². The molecule has 0 aromatic rings. The van der Waals surface area contributed by atoms with E-state index in [1.807, 2.05) is 0 Å². The Hall–Kier alpha value is -0.170. The van der Waals surface area contributed by atoms with Gasteiger partial charge in [-0.2, -0.15) is 0 Å². The molecular formula is CH3F4O4P. The SMILES string of the molecule is FC(F)(F)F.O=P(O)(O)O. The third-order valence-corrected chi connectivity index (χ3v) is 0. The predicted octanol–water partition coefficient (Wildman–Crippen LogP) is 0.547. The van der Waals surface area contributed by atoms with Crippen molar-refractivity contribution in [3.63, 3.8) is 0 Å². The average Bonchev–Trinajstić information content (AvgIpc) is 1.12. The highest BCUT2D eigenvalue weighted by atomic mass is 31.2. The molecule has 9 heteroatoms. The van der Waals surface area contributed by atoms with Crippen molar-refractivity contribution >= 4 is 7.82 Å². The van der Waals surface area contributed by atoms with Gasteiger partial charge in [0.1, 0.15) is 0 Å². The van der Waals surface area contributed by atoms with Crippen LogP contribution >= 0.6 is 7.82 Å². The van der Waals surface area contributed by atoms with Gasteiger partial charge < -0.3 is 14.7 Å². The minimum Gasteiger partial charge on any atom is -0.303 e. The Morgan fingerprint density at radius 3 is 1.00 bits per heavy atom. The van der Waals surface area contributed by atoms with Gasteiger partial charge >= 0.3 is 14.3 Å². The topological polar surface area (TPSA) is 77.8 Å². The van der Waals surface area contributed by atoms with Crippen molar-refractivity contribution in [1.82, 2.24) is 0 Å². The zero-order valence-corrected chi connectivity index (χ0v) is 5.10. The summed E-state index contributed by atoms with van der Waals surface area (Å²) in [5.74, 6) is 0. The lowest BCUT2D eigenvalue weighted by molar-refractivity contribution is -0.237. The van der Waals surface area contributed by atoms with Gasteiger partial charge in [0.15, 0.2) is 0 Å². The van der Waals surface area contributed by atoms with Crippen molar-refractivity contribution in [1.29, 1.82) is 0 Å². The lowest BCUT2D eigenvalue weighted by Crippen LogP contribution is -1.92. The van der Waals surface area contributed by atoms with Crippen molar-refractivity contribution in [3.8, 4) is 0 Å². The zero-order chi connectivity index (χ0) is 9.00. The van der Waals surface area contributed by atoms with E-state index in [2.05, 4.69) is 0 Å². The Bertz CT molecular complexity index is 109. The van der Waals surface area contributed by atoms with Crippen molar-refractivity contribution in [2.75, 3.05) is 0 Å². The molecule has 0 aliphatic heterocycles. The Labute approximate surface area is 52.3 Å². The maximum atomic E-state index is 9.69. The molecule has 0 unspecified atom stereocenters. The second kappa shape index (κ2) is 3.87. The van der Waals surface area contributed by atoms with Crippen LogP contribution in [0.15, 0.2) is 0 Å².